The van der Waals surface area contributed by atoms with Crippen LogP contribution in [0.4, 0.5) is 0 Å². The van der Waals surface area contributed by atoms with Crippen molar-refractivity contribution in [2.24, 2.45) is 5.92 Å². The summed E-state index contributed by atoms with van der Waals surface area (Å²) in [6.07, 6.45) is 16.2. The van der Waals surface area contributed by atoms with Gasteiger partial charge in [-0.25, -0.2) is 0 Å². The van der Waals surface area contributed by atoms with Crippen LogP contribution in [0.3, 0.4) is 0 Å². The Morgan fingerprint density at radius 1 is 1.06 bits per heavy atom. The summed E-state index contributed by atoms with van der Waals surface area (Å²) in [7, 11) is 2.16. The highest BCUT2D eigenvalue weighted by Crippen LogP contribution is 2.28. The Labute approximate surface area is 114 Å². The summed E-state index contributed by atoms with van der Waals surface area (Å²) >= 11 is 0. The number of nitrogens with one attached hydrogen (secondary N) is 1. The topological polar surface area (TPSA) is 12.0 Å². The average Bonchev–Trinajstić information content (AvgIpc) is 2.32. The summed E-state index contributed by atoms with van der Waals surface area (Å²) < 4.78 is 0. The van der Waals surface area contributed by atoms with Gasteiger partial charge in [-0.3, -0.25) is 0 Å². The van der Waals surface area contributed by atoms with E-state index in [4.69, 9.17) is 0 Å². The summed E-state index contributed by atoms with van der Waals surface area (Å²) in [5.41, 5.74) is 1.71. The normalized spacial score (nSPS) is 19.2. The van der Waals surface area contributed by atoms with E-state index in [1.165, 1.54) is 64.2 Å². The van der Waals surface area contributed by atoms with Crippen LogP contribution >= 0.6 is 0 Å². The molecule has 0 radical (unpaired) electrons. The van der Waals surface area contributed by atoms with Crippen LogP contribution < -0.4 is 5.32 Å². The van der Waals surface area contributed by atoms with Crippen molar-refractivity contribution in [3.05, 3.63) is 11.6 Å². The van der Waals surface area contributed by atoms with Crippen LogP contribution in [0.5, 0.6) is 0 Å². The Kier molecular flexibility index (Phi) is 8.41. The van der Waals surface area contributed by atoms with E-state index in [-0.39, 0.29) is 0 Å². The Hall–Kier alpha value is -0.300. The van der Waals surface area contributed by atoms with E-state index in [0.29, 0.717) is 6.04 Å². The van der Waals surface area contributed by atoms with Crippen molar-refractivity contribution in [3.63, 3.8) is 0 Å². The fraction of sp³-hybridized carbons (Fsp3) is 0.882. The predicted molar refractivity (Wildman–Crippen MR) is 81.9 cm³/mol. The molecule has 1 unspecified atom stereocenters. The molecular weight excluding hydrogens is 218 g/mol. The van der Waals surface area contributed by atoms with E-state index >= 15 is 0 Å². The maximum atomic E-state index is 3.62. The van der Waals surface area contributed by atoms with Crippen LogP contribution in [0.1, 0.15) is 78.1 Å². The Bertz CT molecular complexity index is 226. The summed E-state index contributed by atoms with van der Waals surface area (Å²) in [6, 6.07) is 0.642. The lowest BCUT2D eigenvalue weighted by Gasteiger charge is -2.30. The first-order chi connectivity index (χ1) is 8.83. The summed E-state index contributed by atoms with van der Waals surface area (Å²) in [6.45, 7) is 4.64. The van der Waals surface area contributed by atoms with E-state index in [9.17, 15) is 0 Å². The standard InChI is InChI=1S/C17H33N/c1-4-11-15(12-5-2)17(18-3)16-13-9-7-6-8-10-14-16/h13,15,17-18H,4-12,14H2,1-3H3. The lowest BCUT2D eigenvalue weighted by molar-refractivity contribution is 0.347. The third-order valence-corrected chi connectivity index (χ3v) is 4.33. The zero-order chi connectivity index (χ0) is 13.2. The molecule has 0 aromatic heterocycles. The number of rotatable bonds is 7. The minimum Gasteiger partial charge on any atom is -0.313 e. The van der Waals surface area contributed by atoms with Gasteiger partial charge in [-0.1, -0.05) is 51.2 Å². The minimum absolute atomic E-state index is 0.642. The molecule has 1 N–H and O–H groups in total. The van der Waals surface area contributed by atoms with Crippen molar-refractivity contribution in [2.75, 3.05) is 7.05 Å². The maximum Gasteiger partial charge on any atom is 0.0305 e. The van der Waals surface area contributed by atoms with Gasteiger partial charge in [-0.2, -0.15) is 0 Å². The van der Waals surface area contributed by atoms with Crippen molar-refractivity contribution in [3.8, 4) is 0 Å². The fourth-order valence-electron chi connectivity index (χ4n) is 3.44. The molecule has 1 aliphatic carbocycles. The number of hydrogen-bond donors (Lipinski definition) is 1. The van der Waals surface area contributed by atoms with Crippen molar-refractivity contribution < 1.29 is 0 Å². The fourth-order valence-corrected chi connectivity index (χ4v) is 3.44. The molecule has 0 heterocycles. The van der Waals surface area contributed by atoms with Crippen LogP contribution in [0, 0.1) is 5.92 Å². The highest BCUT2D eigenvalue weighted by atomic mass is 14.9. The first-order valence-electron chi connectivity index (χ1n) is 8.19. The van der Waals surface area contributed by atoms with Gasteiger partial charge in [0.25, 0.3) is 0 Å². The Morgan fingerprint density at radius 3 is 2.33 bits per heavy atom. The Morgan fingerprint density at radius 2 is 1.72 bits per heavy atom. The third kappa shape index (κ3) is 5.14. The molecule has 0 aromatic carbocycles. The molecule has 1 aliphatic rings. The van der Waals surface area contributed by atoms with Crippen molar-refractivity contribution in [1.82, 2.24) is 5.32 Å². The van der Waals surface area contributed by atoms with Gasteiger partial charge in [-0.15, -0.1) is 0 Å². The molecule has 0 saturated carbocycles. The lowest BCUT2D eigenvalue weighted by atomic mass is 9.83. The van der Waals surface area contributed by atoms with E-state index in [2.05, 4.69) is 32.3 Å². The summed E-state index contributed by atoms with van der Waals surface area (Å²) in [4.78, 5) is 0. The molecule has 0 spiro atoms. The summed E-state index contributed by atoms with van der Waals surface area (Å²) in [5.74, 6) is 0.843. The maximum absolute atomic E-state index is 3.62. The van der Waals surface area contributed by atoms with Gasteiger partial charge < -0.3 is 5.32 Å². The summed E-state index contributed by atoms with van der Waals surface area (Å²) in [5, 5.41) is 3.62. The van der Waals surface area contributed by atoms with Crippen LogP contribution in [0.25, 0.3) is 0 Å². The quantitative estimate of drug-likeness (QED) is 0.623. The van der Waals surface area contributed by atoms with Crippen molar-refractivity contribution >= 4 is 0 Å². The van der Waals surface area contributed by atoms with Gasteiger partial charge in [0.2, 0.25) is 0 Å². The monoisotopic (exact) mass is 251 g/mol. The predicted octanol–water partition coefficient (Wildman–Crippen LogP) is 5.07. The molecule has 1 atom stereocenters. The molecular formula is C17H33N. The largest absolute Gasteiger partial charge is 0.313 e. The van der Waals surface area contributed by atoms with E-state index in [1.54, 1.807) is 5.57 Å². The van der Waals surface area contributed by atoms with Gasteiger partial charge in [0.1, 0.15) is 0 Å². The number of hydrogen-bond acceptors (Lipinski definition) is 1. The van der Waals surface area contributed by atoms with Crippen LogP contribution in [-0.4, -0.2) is 13.1 Å². The van der Waals surface area contributed by atoms with Gasteiger partial charge in [0.15, 0.2) is 0 Å². The first kappa shape index (κ1) is 15.8. The van der Waals surface area contributed by atoms with Gasteiger partial charge in [0.05, 0.1) is 0 Å². The van der Waals surface area contributed by atoms with Gasteiger partial charge in [-0.05, 0) is 51.5 Å². The van der Waals surface area contributed by atoms with E-state index in [1.807, 2.05) is 0 Å². The van der Waals surface area contributed by atoms with E-state index < -0.39 is 0 Å². The van der Waals surface area contributed by atoms with Crippen molar-refractivity contribution in [1.29, 1.82) is 0 Å². The number of allylic oxidation sites excluding steroid dienone is 1. The lowest BCUT2D eigenvalue weighted by Crippen LogP contribution is -2.35. The molecule has 0 saturated heterocycles. The molecule has 18 heavy (non-hydrogen) atoms. The zero-order valence-corrected chi connectivity index (χ0v) is 12.8. The average molecular weight is 251 g/mol. The second-order valence-electron chi connectivity index (χ2n) is 5.84. The molecule has 1 nitrogen and oxygen atoms in total. The van der Waals surface area contributed by atoms with E-state index in [0.717, 1.165) is 5.92 Å². The molecule has 1 rings (SSSR count). The molecule has 0 bridgehead atoms. The minimum atomic E-state index is 0.642. The zero-order valence-electron chi connectivity index (χ0n) is 12.8. The smallest absolute Gasteiger partial charge is 0.0305 e. The van der Waals surface area contributed by atoms with Gasteiger partial charge >= 0.3 is 0 Å². The molecule has 0 aliphatic heterocycles. The molecule has 0 fully saturated rings. The Balaban J connectivity index is 2.70. The third-order valence-electron chi connectivity index (χ3n) is 4.33. The van der Waals surface area contributed by atoms with Crippen LogP contribution in [0.15, 0.2) is 11.6 Å². The highest BCUT2D eigenvalue weighted by molar-refractivity contribution is 5.13. The highest BCUT2D eigenvalue weighted by Gasteiger charge is 2.22. The molecule has 106 valence electrons. The SMILES string of the molecule is CCCC(CCC)C(NC)C1=CCCCCCC1. The number of likely N-dealkylation sites (N-methyl/N-ethyl adjacent to an activating group) is 1. The molecule has 0 aromatic rings. The van der Waals surface area contributed by atoms with Crippen LogP contribution in [0.2, 0.25) is 0 Å². The first-order valence-corrected chi connectivity index (χ1v) is 8.19. The second kappa shape index (κ2) is 9.61. The van der Waals surface area contributed by atoms with Crippen molar-refractivity contribution in [2.45, 2.75) is 84.1 Å². The molecule has 1 heteroatoms. The molecule has 0 amide bonds. The van der Waals surface area contributed by atoms with Gasteiger partial charge in [0, 0.05) is 6.04 Å². The second-order valence-corrected chi connectivity index (χ2v) is 5.84. The van der Waals surface area contributed by atoms with Crippen LogP contribution in [-0.2, 0) is 0 Å².